The molecule has 1 aliphatic rings. The van der Waals surface area contributed by atoms with Gasteiger partial charge in [-0.15, -0.1) is 11.8 Å². The smallest absolute Gasteiger partial charge is 0.212 e. The molecular weight excluding hydrogens is 240 g/mol. The first-order chi connectivity index (χ1) is 7.74. The lowest BCUT2D eigenvalue weighted by Crippen LogP contribution is -2.32. The standard InChI is InChI=1S/C11H16N2OS2/c1-3-13-5-4-12-11(13)9(14)10-8(2)15-6-7-16-10/h4-5,8,10H,3,6-7H2,1-2H3. The monoisotopic (exact) mass is 256 g/mol. The molecule has 0 aromatic carbocycles. The third kappa shape index (κ3) is 2.30. The fourth-order valence-corrected chi connectivity index (χ4v) is 4.53. The predicted octanol–water partition coefficient (Wildman–Crippen LogP) is 2.32. The van der Waals surface area contributed by atoms with Gasteiger partial charge < -0.3 is 4.57 Å². The summed E-state index contributed by atoms with van der Waals surface area (Å²) in [6.45, 7) is 4.98. The van der Waals surface area contributed by atoms with E-state index in [9.17, 15) is 4.79 Å². The van der Waals surface area contributed by atoms with Crippen molar-refractivity contribution in [1.82, 2.24) is 9.55 Å². The van der Waals surface area contributed by atoms with E-state index >= 15 is 0 Å². The second-order valence-corrected chi connectivity index (χ2v) is 6.50. The maximum atomic E-state index is 12.3. The molecule has 0 saturated carbocycles. The Hall–Kier alpha value is -0.420. The molecule has 1 saturated heterocycles. The summed E-state index contributed by atoms with van der Waals surface area (Å²) in [7, 11) is 0. The van der Waals surface area contributed by atoms with Gasteiger partial charge in [0.2, 0.25) is 5.78 Å². The zero-order valence-electron chi connectivity index (χ0n) is 9.55. The van der Waals surface area contributed by atoms with Crippen LogP contribution in [-0.2, 0) is 6.54 Å². The number of carbonyl (C=O) groups excluding carboxylic acids is 1. The number of hydrogen-bond donors (Lipinski definition) is 0. The van der Waals surface area contributed by atoms with E-state index in [0.717, 1.165) is 18.1 Å². The maximum absolute atomic E-state index is 12.3. The van der Waals surface area contributed by atoms with Gasteiger partial charge in [0.05, 0.1) is 5.25 Å². The molecule has 2 unspecified atom stereocenters. The van der Waals surface area contributed by atoms with Crippen molar-refractivity contribution in [2.24, 2.45) is 0 Å². The first-order valence-electron chi connectivity index (χ1n) is 5.52. The van der Waals surface area contributed by atoms with Crippen LogP contribution in [0.15, 0.2) is 12.4 Å². The highest BCUT2D eigenvalue weighted by atomic mass is 32.2. The third-order valence-corrected chi connectivity index (χ3v) is 5.81. The fourth-order valence-electron chi connectivity index (χ4n) is 1.84. The van der Waals surface area contributed by atoms with Gasteiger partial charge in [0.25, 0.3) is 0 Å². The number of thioether (sulfide) groups is 2. The molecular formula is C11H16N2OS2. The highest BCUT2D eigenvalue weighted by Crippen LogP contribution is 2.32. The minimum Gasteiger partial charge on any atom is -0.329 e. The van der Waals surface area contributed by atoms with Crippen molar-refractivity contribution in [2.75, 3.05) is 11.5 Å². The molecule has 1 aromatic rings. The summed E-state index contributed by atoms with van der Waals surface area (Å²) in [6, 6.07) is 0. The Kier molecular flexibility index (Phi) is 3.97. The Morgan fingerprint density at radius 1 is 1.56 bits per heavy atom. The van der Waals surface area contributed by atoms with Crippen LogP contribution in [0.5, 0.6) is 0 Å². The van der Waals surface area contributed by atoms with E-state index in [0.29, 0.717) is 11.1 Å². The second kappa shape index (κ2) is 5.27. The van der Waals surface area contributed by atoms with Crippen molar-refractivity contribution in [3.05, 3.63) is 18.2 Å². The van der Waals surface area contributed by atoms with Crippen molar-refractivity contribution in [3.8, 4) is 0 Å². The van der Waals surface area contributed by atoms with Crippen LogP contribution in [0.1, 0.15) is 24.5 Å². The highest BCUT2D eigenvalue weighted by Gasteiger charge is 2.31. The Morgan fingerprint density at radius 3 is 3.00 bits per heavy atom. The lowest BCUT2D eigenvalue weighted by Gasteiger charge is -2.26. The Balaban J connectivity index is 2.17. The van der Waals surface area contributed by atoms with Crippen LogP contribution in [0.25, 0.3) is 0 Å². The lowest BCUT2D eigenvalue weighted by molar-refractivity contribution is 0.0975. The molecule has 2 heterocycles. The molecule has 0 radical (unpaired) electrons. The third-order valence-electron chi connectivity index (χ3n) is 2.72. The number of Topliss-reactive ketones (excluding diaryl/α,β-unsaturated/α-hetero) is 1. The Morgan fingerprint density at radius 2 is 2.31 bits per heavy atom. The summed E-state index contributed by atoms with van der Waals surface area (Å²) in [5.74, 6) is 3.03. The zero-order chi connectivity index (χ0) is 11.5. The van der Waals surface area contributed by atoms with Crippen molar-refractivity contribution >= 4 is 29.3 Å². The van der Waals surface area contributed by atoms with Gasteiger partial charge in [0.15, 0.2) is 5.82 Å². The van der Waals surface area contributed by atoms with E-state index < -0.39 is 0 Å². The summed E-state index contributed by atoms with van der Waals surface area (Å²) in [5.41, 5.74) is 0. The van der Waals surface area contributed by atoms with Gasteiger partial charge in [-0.2, -0.15) is 11.8 Å². The number of ketones is 1. The number of hydrogen-bond acceptors (Lipinski definition) is 4. The van der Waals surface area contributed by atoms with Gasteiger partial charge in [-0.3, -0.25) is 4.79 Å². The minimum atomic E-state index is 0.0754. The van der Waals surface area contributed by atoms with E-state index in [1.807, 2.05) is 29.4 Å². The van der Waals surface area contributed by atoms with Crippen LogP contribution in [0.4, 0.5) is 0 Å². The molecule has 0 amide bonds. The first kappa shape index (κ1) is 12.0. The van der Waals surface area contributed by atoms with Crippen molar-refractivity contribution < 1.29 is 4.79 Å². The molecule has 16 heavy (non-hydrogen) atoms. The van der Waals surface area contributed by atoms with Crippen molar-refractivity contribution in [1.29, 1.82) is 0 Å². The molecule has 0 spiro atoms. The van der Waals surface area contributed by atoms with Gasteiger partial charge >= 0.3 is 0 Å². The molecule has 1 aromatic heterocycles. The average molecular weight is 256 g/mol. The lowest BCUT2D eigenvalue weighted by atomic mass is 10.2. The second-order valence-electron chi connectivity index (χ2n) is 3.77. The normalized spacial score (nSPS) is 25.6. The van der Waals surface area contributed by atoms with Gasteiger partial charge in [-0.1, -0.05) is 6.92 Å². The topological polar surface area (TPSA) is 34.9 Å². The number of imidazole rings is 1. The predicted molar refractivity (Wildman–Crippen MR) is 70.4 cm³/mol. The van der Waals surface area contributed by atoms with Crippen LogP contribution in [0.3, 0.4) is 0 Å². The molecule has 88 valence electrons. The van der Waals surface area contributed by atoms with E-state index in [-0.39, 0.29) is 11.0 Å². The van der Waals surface area contributed by atoms with Crippen LogP contribution in [-0.4, -0.2) is 37.3 Å². The van der Waals surface area contributed by atoms with Crippen LogP contribution in [0.2, 0.25) is 0 Å². The molecule has 0 N–H and O–H groups in total. The molecule has 1 fully saturated rings. The SMILES string of the molecule is CCn1ccnc1C(=O)C1SCCSC1C. The number of carbonyl (C=O) groups is 1. The fraction of sp³-hybridized carbons (Fsp3) is 0.636. The molecule has 2 atom stereocenters. The summed E-state index contributed by atoms with van der Waals surface area (Å²) in [6.07, 6.45) is 3.58. The van der Waals surface area contributed by atoms with Gasteiger partial charge in [-0.05, 0) is 6.92 Å². The first-order valence-corrected chi connectivity index (χ1v) is 7.62. The van der Waals surface area contributed by atoms with Crippen molar-refractivity contribution in [2.45, 2.75) is 30.9 Å². The van der Waals surface area contributed by atoms with Crippen molar-refractivity contribution in [3.63, 3.8) is 0 Å². The number of nitrogens with zero attached hydrogens (tertiary/aromatic N) is 2. The number of aryl methyl sites for hydroxylation is 1. The van der Waals surface area contributed by atoms with Gasteiger partial charge in [-0.25, -0.2) is 4.98 Å². The Bertz CT molecular complexity index is 378. The Labute approximate surface area is 104 Å². The van der Waals surface area contributed by atoms with Crippen LogP contribution < -0.4 is 0 Å². The van der Waals surface area contributed by atoms with Crippen LogP contribution in [0, 0.1) is 0 Å². The van der Waals surface area contributed by atoms with E-state index in [1.165, 1.54) is 0 Å². The minimum absolute atomic E-state index is 0.0754. The summed E-state index contributed by atoms with van der Waals surface area (Å²) >= 11 is 3.66. The molecule has 3 nitrogen and oxygen atoms in total. The maximum Gasteiger partial charge on any atom is 0.212 e. The van der Waals surface area contributed by atoms with E-state index in [2.05, 4.69) is 11.9 Å². The van der Waals surface area contributed by atoms with Crippen LogP contribution >= 0.6 is 23.5 Å². The molecule has 0 aliphatic carbocycles. The molecule has 1 aliphatic heterocycles. The average Bonchev–Trinajstić information content (AvgIpc) is 2.77. The number of rotatable bonds is 3. The zero-order valence-corrected chi connectivity index (χ0v) is 11.2. The largest absolute Gasteiger partial charge is 0.329 e. The van der Waals surface area contributed by atoms with E-state index in [1.54, 1.807) is 18.0 Å². The molecule has 0 bridgehead atoms. The molecule has 2 rings (SSSR count). The summed E-state index contributed by atoms with van der Waals surface area (Å²) in [4.78, 5) is 16.5. The highest BCUT2D eigenvalue weighted by molar-refractivity contribution is 8.07. The molecule has 5 heteroatoms. The van der Waals surface area contributed by atoms with E-state index in [4.69, 9.17) is 0 Å². The number of aromatic nitrogens is 2. The quantitative estimate of drug-likeness (QED) is 0.777. The summed E-state index contributed by atoms with van der Waals surface area (Å²) in [5, 5.41) is 0.472. The van der Waals surface area contributed by atoms with Gasteiger partial charge in [0, 0.05) is 35.7 Å². The van der Waals surface area contributed by atoms with Gasteiger partial charge in [0.1, 0.15) is 0 Å². The summed E-state index contributed by atoms with van der Waals surface area (Å²) < 4.78 is 1.93.